The quantitative estimate of drug-likeness (QED) is 0.176. The number of rotatable bonds is 12. The van der Waals surface area contributed by atoms with Gasteiger partial charge in [0.25, 0.3) is 0 Å². The Morgan fingerprint density at radius 3 is 2.60 bits per heavy atom. The monoisotopic (exact) mass is 318 g/mol. The van der Waals surface area contributed by atoms with Gasteiger partial charge in [-0.2, -0.15) is 0 Å². The molecule has 1 atom stereocenters. The normalized spacial score (nSPS) is 13.6. The van der Waals surface area contributed by atoms with Gasteiger partial charge in [-0.1, -0.05) is 37.9 Å². The van der Waals surface area contributed by atoms with Gasteiger partial charge in [-0.3, -0.25) is 4.79 Å². The van der Waals surface area contributed by atoms with E-state index >= 15 is 0 Å². The van der Waals surface area contributed by atoms with Crippen LogP contribution in [-0.4, -0.2) is 32.8 Å². The lowest BCUT2D eigenvalue weighted by molar-refractivity contribution is -0.110. The maximum Gasteiger partial charge on any atom is 0.225 e. The van der Waals surface area contributed by atoms with Crippen LogP contribution in [0.2, 0.25) is 25.7 Å². The zero-order chi connectivity index (χ0) is 15.4. The van der Waals surface area contributed by atoms with E-state index in [-0.39, 0.29) is 17.8 Å². The fourth-order valence-electron chi connectivity index (χ4n) is 1.40. The lowest BCUT2D eigenvalue weighted by Crippen LogP contribution is -2.22. The number of hydrogen-bond acceptors (Lipinski definition) is 3. The summed E-state index contributed by atoms with van der Waals surface area (Å²) in [5.74, 6) is 0. The summed E-state index contributed by atoms with van der Waals surface area (Å²) < 4.78 is 11.1. The SMILES string of the molecule is C=C[C@@H](CC/C=C/CC(=O)Cl)OCOCC[Si](C)(C)C. The maximum atomic E-state index is 10.5. The molecule has 0 radical (unpaired) electrons. The van der Waals surface area contributed by atoms with Crippen molar-refractivity contribution in [2.75, 3.05) is 13.4 Å². The molecule has 0 N–H and O–H groups in total. The molecule has 0 saturated heterocycles. The molecule has 0 aromatic heterocycles. The number of carbonyl (C=O) groups excluding carboxylic acids is 1. The minimum absolute atomic E-state index is 0.0155. The molecular formula is C15H27ClO3Si. The summed E-state index contributed by atoms with van der Waals surface area (Å²) in [6.45, 7) is 11.8. The highest BCUT2D eigenvalue weighted by Gasteiger charge is 2.12. The van der Waals surface area contributed by atoms with Crippen LogP contribution in [0, 0.1) is 0 Å². The van der Waals surface area contributed by atoms with Gasteiger partial charge in [0, 0.05) is 21.1 Å². The highest BCUT2D eigenvalue weighted by Crippen LogP contribution is 2.09. The van der Waals surface area contributed by atoms with Gasteiger partial charge in [-0.05, 0) is 30.5 Å². The van der Waals surface area contributed by atoms with Crippen molar-refractivity contribution in [2.24, 2.45) is 0 Å². The van der Waals surface area contributed by atoms with Gasteiger partial charge in [-0.15, -0.1) is 6.58 Å². The number of allylic oxidation sites excluding steroid dienone is 2. The molecule has 3 nitrogen and oxygen atoms in total. The van der Waals surface area contributed by atoms with Crippen molar-refractivity contribution in [1.29, 1.82) is 0 Å². The Hall–Kier alpha value is -0.423. The summed E-state index contributed by atoms with van der Waals surface area (Å²) in [7, 11) is -1.03. The fraction of sp³-hybridized carbons (Fsp3) is 0.667. The van der Waals surface area contributed by atoms with Crippen molar-refractivity contribution in [3.8, 4) is 0 Å². The third kappa shape index (κ3) is 14.0. The van der Waals surface area contributed by atoms with Gasteiger partial charge < -0.3 is 9.47 Å². The van der Waals surface area contributed by atoms with Crippen molar-refractivity contribution < 1.29 is 14.3 Å². The van der Waals surface area contributed by atoms with Gasteiger partial charge in [0.2, 0.25) is 5.24 Å². The predicted molar refractivity (Wildman–Crippen MR) is 87.9 cm³/mol. The van der Waals surface area contributed by atoms with Crippen LogP contribution in [0.5, 0.6) is 0 Å². The van der Waals surface area contributed by atoms with Gasteiger partial charge in [0.15, 0.2) is 0 Å². The van der Waals surface area contributed by atoms with Crippen LogP contribution >= 0.6 is 11.6 Å². The molecule has 0 fully saturated rings. The molecular weight excluding hydrogens is 292 g/mol. The average Bonchev–Trinajstić information content (AvgIpc) is 2.33. The van der Waals surface area contributed by atoms with Crippen LogP contribution in [0.15, 0.2) is 24.8 Å². The van der Waals surface area contributed by atoms with E-state index in [1.807, 2.05) is 6.08 Å². The lowest BCUT2D eigenvalue weighted by Gasteiger charge is -2.17. The first-order chi connectivity index (χ1) is 9.35. The maximum absolute atomic E-state index is 10.5. The zero-order valence-electron chi connectivity index (χ0n) is 12.9. The van der Waals surface area contributed by atoms with Crippen molar-refractivity contribution in [3.63, 3.8) is 0 Å². The number of carbonyl (C=O) groups is 1. The van der Waals surface area contributed by atoms with Crippen LogP contribution < -0.4 is 0 Å². The van der Waals surface area contributed by atoms with E-state index in [9.17, 15) is 4.79 Å². The highest BCUT2D eigenvalue weighted by atomic mass is 35.5. The first-order valence-electron chi connectivity index (χ1n) is 7.00. The third-order valence-corrected chi connectivity index (χ3v) is 4.55. The summed E-state index contributed by atoms with van der Waals surface area (Å²) in [4.78, 5) is 10.5. The molecule has 0 heterocycles. The predicted octanol–water partition coefficient (Wildman–Crippen LogP) is 4.36. The van der Waals surface area contributed by atoms with E-state index in [4.69, 9.17) is 21.1 Å². The summed E-state index contributed by atoms with van der Waals surface area (Å²) in [6.07, 6.45) is 7.41. The summed E-state index contributed by atoms with van der Waals surface area (Å²) in [5.41, 5.74) is 0. The highest BCUT2D eigenvalue weighted by molar-refractivity contribution is 6.76. The molecule has 0 aliphatic rings. The Morgan fingerprint density at radius 2 is 2.05 bits per heavy atom. The standard InChI is InChI=1S/C15H27ClO3Si/c1-5-14(9-7-6-8-10-15(16)17)19-13-18-11-12-20(2,3)4/h5-6,8,14H,1,7,9-13H2,2-4H3/b8-6+/t14-/m0/s1. The zero-order valence-corrected chi connectivity index (χ0v) is 14.6. The van der Waals surface area contributed by atoms with Crippen LogP contribution in [0.1, 0.15) is 19.3 Å². The summed E-state index contributed by atoms with van der Waals surface area (Å²) >= 11 is 5.23. The number of halogens is 1. The molecule has 0 aliphatic heterocycles. The van der Waals surface area contributed by atoms with Crippen LogP contribution in [0.4, 0.5) is 0 Å². The van der Waals surface area contributed by atoms with E-state index in [1.54, 1.807) is 12.2 Å². The molecule has 0 rings (SSSR count). The van der Waals surface area contributed by atoms with E-state index in [0.29, 0.717) is 6.79 Å². The second-order valence-electron chi connectivity index (χ2n) is 5.89. The third-order valence-electron chi connectivity index (χ3n) is 2.69. The van der Waals surface area contributed by atoms with E-state index < -0.39 is 8.07 Å². The van der Waals surface area contributed by atoms with Crippen LogP contribution in [0.25, 0.3) is 0 Å². The molecule has 20 heavy (non-hydrogen) atoms. The molecule has 0 aromatic carbocycles. The Kier molecular flexibility index (Phi) is 11.0. The van der Waals surface area contributed by atoms with Crippen molar-refractivity contribution >= 4 is 24.9 Å². The van der Waals surface area contributed by atoms with Crippen molar-refractivity contribution in [1.82, 2.24) is 0 Å². The molecule has 0 amide bonds. The number of ether oxygens (including phenoxy) is 2. The first-order valence-corrected chi connectivity index (χ1v) is 11.1. The molecule has 0 spiro atoms. The number of hydrogen-bond donors (Lipinski definition) is 0. The molecule has 5 heteroatoms. The van der Waals surface area contributed by atoms with Crippen LogP contribution in [-0.2, 0) is 14.3 Å². The second-order valence-corrected chi connectivity index (χ2v) is 11.9. The lowest BCUT2D eigenvalue weighted by atomic mass is 10.2. The molecule has 0 unspecified atom stereocenters. The molecule has 0 aromatic rings. The molecule has 116 valence electrons. The van der Waals surface area contributed by atoms with Gasteiger partial charge in [-0.25, -0.2) is 0 Å². The summed E-state index contributed by atoms with van der Waals surface area (Å²) in [6, 6.07) is 1.14. The molecule has 0 bridgehead atoms. The Morgan fingerprint density at radius 1 is 1.35 bits per heavy atom. The van der Waals surface area contributed by atoms with Gasteiger partial charge in [0.05, 0.1) is 6.10 Å². The van der Waals surface area contributed by atoms with Gasteiger partial charge in [0.1, 0.15) is 6.79 Å². The average molecular weight is 319 g/mol. The van der Waals surface area contributed by atoms with E-state index in [0.717, 1.165) is 25.5 Å². The summed E-state index contributed by atoms with van der Waals surface area (Å²) in [5, 5.41) is -0.339. The topological polar surface area (TPSA) is 35.5 Å². The van der Waals surface area contributed by atoms with Crippen LogP contribution in [0.3, 0.4) is 0 Å². The van der Waals surface area contributed by atoms with Crippen molar-refractivity contribution in [3.05, 3.63) is 24.8 Å². The molecule has 0 aliphatic carbocycles. The van der Waals surface area contributed by atoms with E-state index in [2.05, 4.69) is 26.2 Å². The fourth-order valence-corrected chi connectivity index (χ4v) is 2.24. The largest absolute Gasteiger partial charge is 0.356 e. The van der Waals surface area contributed by atoms with Gasteiger partial charge >= 0.3 is 0 Å². The van der Waals surface area contributed by atoms with Crippen molar-refractivity contribution in [2.45, 2.75) is 51.1 Å². The Balaban J connectivity index is 3.64. The smallest absolute Gasteiger partial charge is 0.225 e. The minimum atomic E-state index is -1.03. The Bertz CT molecular complexity index is 311. The molecule has 0 saturated carbocycles. The minimum Gasteiger partial charge on any atom is -0.356 e. The first kappa shape index (κ1) is 19.6. The second kappa shape index (κ2) is 11.3. The van der Waals surface area contributed by atoms with E-state index in [1.165, 1.54) is 0 Å². The Labute approximate surface area is 129 Å².